The molecule has 0 spiro atoms. The smallest absolute Gasteiger partial charge is 0.269 e. The largest absolute Gasteiger partial charge is 0.494 e. The number of ether oxygens (including phenoxy) is 2. The van der Waals surface area contributed by atoms with E-state index >= 15 is 0 Å². The zero-order valence-corrected chi connectivity index (χ0v) is 15.1. The molecule has 0 radical (unpaired) electrons. The molecule has 0 aliphatic rings. The second-order valence-corrected chi connectivity index (χ2v) is 5.72. The van der Waals surface area contributed by atoms with Crippen LogP contribution < -0.4 is 20.3 Å². The molecule has 6 heteroatoms. The van der Waals surface area contributed by atoms with Crippen LogP contribution in [0.2, 0.25) is 0 Å². The van der Waals surface area contributed by atoms with E-state index < -0.39 is 0 Å². The fraction of sp³-hybridized carbons (Fsp3) is 0.300. The Morgan fingerprint density at radius 2 is 1.50 bits per heavy atom. The number of nitrogens with one attached hydrogen (secondary N) is 2. The molecule has 2 aromatic rings. The van der Waals surface area contributed by atoms with Crippen molar-refractivity contribution >= 4 is 11.8 Å². The van der Waals surface area contributed by atoms with E-state index in [1.54, 1.807) is 24.3 Å². The van der Waals surface area contributed by atoms with Crippen LogP contribution >= 0.6 is 0 Å². The van der Waals surface area contributed by atoms with Gasteiger partial charge in [0.05, 0.1) is 13.2 Å². The summed E-state index contributed by atoms with van der Waals surface area (Å²) in [7, 11) is 0. The molecule has 2 N–H and O–H groups in total. The molecular weight excluding hydrogens is 332 g/mol. The van der Waals surface area contributed by atoms with Gasteiger partial charge in [0.1, 0.15) is 11.5 Å². The van der Waals surface area contributed by atoms with Gasteiger partial charge in [-0.2, -0.15) is 0 Å². The van der Waals surface area contributed by atoms with Crippen LogP contribution in [0, 0.1) is 6.92 Å². The summed E-state index contributed by atoms with van der Waals surface area (Å²) in [6, 6.07) is 14.4. The number of hydrogen-bond acceptors (Lipinski definition) is 4. The summed E-state index contributed by atoms with van der Waals surface area (Å²) in [6.07, 6.45) is 0.814. The second kappa shape index (κ2) is 10.1. The van der Waals surface area contributed by atoms with E-state index in [2.05, 4.69) is 10.9 Å². The van der Waals surface area contributed by atoms with Crippen molar-refractivity contribution in [2.75, 3.05) is 13.2 Å². The van der Waals surface area contributed by atoms with Crippen molar-refractivity contribution in [3.63, 3.8) is 0 Å². The molecule has 2 rings (SSSR count). The highest BCUT2D eigenvalue weighted by Crippen LogP contribution is 2.12. The number of aryl methyl sites for hydroxylation is 1. The van der Waals surface area contributed by atoms with Gasteiger partial charge in [0, 0.05) is 12.0 Å². The molecule has 138 valence electrons. The average Bonchev–Trinajstić information content (AvgIpc) is 2.65. The molecule has 0 saturated carbocycles. The van der Waals surface area contributed by atoms with Crippen LogP contribution in [-0.4, -0.2) is 25.0 Å². The van der Waals surface area contributed by atoms with E-state index in [-0.39, 0.29) is 18.2 Å². The van der Waals surface area contributed by atoms with E-state index in [4.69, 9.17) is 9.47 Å². The molecule has 0 aromatic heterocycles. The molecule has 2 amide bonds. The molecule has 0 unspecified atom stereocenters. The summed E-state index contributed by atoms with van der Waals surface area (Å²) in [5.41, 5.74) is 6.40. The van der Waals surface area contributed by atoms with Gasteiger partial charge < -0.3 is 9.47 Å². The Kier molecular flexibility index (Phi) is 7.49. The lowest BCUT2D eigenvalue weighted by molar-refractivity contribution is -0.122. The van der Waals surface area contributed by atoms with E-state index in [1.165, 1.54) is 5.56 Å². The molecule has 2 aromatic carbocycles. The maximum Gasteiger partial charge on any atom is 0.269 e. The first-order valence-electron chi connectivity index (χ1n) is 8.60. The highest BCUT2D eigenvalue weighted by atomic mass is 16.5. The summed E-state index contributed by atoms with van der Waals surface area (Å²) in [5.74, 6) is 0.829. The molecule has 0 fully saturated rings. The first kappa shape index (κ1) is 19.3. The Balaban J connectivity index is 1.64. The molecule has 26 heavy (non-hydrogen) atoms. The fourth-order valence-corrected chi connectivity index (χ4v) is 2.19. The van der Waals surface area contributed by atoms with Gasteiger partial charge in [-0.1, -0.05) is 17.7 Å². The van der Waals surface area contributed by atoms with Crippen molar-refractivity contribution in [3.05, 3.63) is 59.7 Å². The van der Waals surface area contributed by atoms with Crippen LogP contribution in [-0.2, 0) is 4.79 Å². The summed E-state index contributed by atoms with van der Waals surface area (Å²) >= 11 is 0. The predicted molar refractivity (Wildman–Crippen MR) is 99.1 cm³/mol. The van der Waals surface area contributed by atoms with Crippen molar-refractivity contribution in [1.82, 2.24) is 10.9 Å². The van der Waals surface area contributed by atoms with Crippen LogP contribution in [0.1, 0.15) is 35.7 Å². The minimum atomic E-state index is -0.377. The standard InChI is InChI=1S/C20H24N2O4/c1-3-25-17-12-8-16(9-13-17)20(24)22-21-19(23)5-4-14-26-18-10-6-15(2)7-11-18/h6-13H,3-5,14H2,1-2H3,(H,21,23)(H,22,24). The van der Waals surface area contributed by atoms with Crippen molar-refractivity contribution < 1.29 is 19.1 Å². The highest BCUT2D eigenvalue weighted by Gasteiger charge is 2.07. The van der Waals surface area contributed by atoms with Gasteiger partial charge in [0.15, 0.2) is 0 Å². The summed E-state index contributed by atoms with van der Waals surface area (Å²) in [6.45, 7) is 4.90. The Bertz CT molecular complexity index is 712. The van der Waals surface area contributed by atoms with Crippen LogP contribution in [0.4, 0.5) is 0 Å². The topological polar surface area (TPSA) is 76.7 Å². The number of benzene rings is 2. The third-order valence-electron chi connectivity index (χ3n) is 3.58. The summed E-state index contributed by atoms with van der Waals surface area (Å²) in [5, 5.41) is 0. The summed E-state index contributed by atoms with van der Waals surface area (Å²) in [4.78, 5) is 23.7. The van der Waals surface area contributed by atoms with Gasteiger partial charge in [-0.05, 0) is 56.7 Å². The first-order valence-corrected chi connectivity index (χ1v) is 8.60. The number of amides is 2. The van der Waals surface area contributed by atoms with Crippen molar-refractivity contribution in [2.45, 2.75) is 26.7 Å². The number of carbonyl (C=O) groups is 2. The highest BCUT2D eigenvalue weighted by molar-refractivity contribution is 5.95. The fourth-order valence-electron chi connectivity index (χ4n) is 2.19. The Morgan fingerprint density at radius 3 is 2.15 bits per heavy atom. The molecular formula is C20H24N2O4. The van der Waals surface area contributed by atoms with Crippen LogP contribution in [0.3, 0.4) is 0 Å². The first-order chi connectivity index (χ1) is 12.6. The minimum absolute atomic E-state index is 0.259. The second-order valence-electron chi connectivity index (χ2n) is 5.72. The third kappa shape index (κ3) is 6.47. The molecule has 0 heterocycles. The van der Waals surface area contributed by atoms with Crippen LogP contribution in [0.5, 0.6) is 11.5 Å². The Hall–Kier alpha value is -3.02. The van der Waals surface area contributed by atoms with Crippen LogP contribution in [0.25, 0.3) is 0 Å². The molecule has 0 bridgehead atoms. The van der Waals surface area contributed by atoms with Gasteiger partial charge in [0.25, 0.3) is 5.91 Å². The monoisotopic (exact) mass is 356 g/mol. The van der Waals surface area contributed by atoms with Gasteiger partial charge in [-0.25, -0.2) is 0 Å². The summed E-state index contributed by atoms with van der Waals surface area (Å²) < 4.78 is 10.9. The van der Waals surface area contributed by atoms with Crippen molar-refractivity contribution in [1.29, 1.82) is 0 Å². The molecule has 0 aliphatic heterocycles. The number of hydrazine groups is 1. The average molecular weight is 356 g/mol. The van der Waals surface area contributed by atoms with Gasteiger partial charge in [-0.3, -0.25) is 20.4 Å². The predicted octanol–water partition coefficient (Wildman–Crippen LogP) is 3.01. The SMILES string of the molecule is CCOc1ccc(C(=O)NNC(=O)CCCOc2ccc(C)cc2)cc1. The Morgan fingerprint density at radius 1 is 0.885 bits per heavy atom. The van der Waals surface area contributed by atoms with E-state index in [0.29, 0.717) is 30.9 Å². The zero-order chi connectivity index (χ0) is 18.8. The maximum atomic E-state index is 12.0. The lowest BCUT2D eigenvalue weighted by atomic mass is 10.2. The number of carbonyl (C=O) groups excluding carboxylic acids is 2. The normalized spacial score (nSPS) is 10.1. The zero-order valence-electron chi connectivity index (χ0n) is 15.1. The molecule has 6 nitrogen and oxygen atoms in total. The minimum Gasteiger partial charge on any atom is -0.494 e. The molecule has 0 atom stereocenters. The number of hydrogen-bond donors (Lipinski definition) is 2. The molecule has 0 aliphatic carbocycles. The van der Waals surface area contributed by atoms with Crippen molar-refractivity contribution in [2.24, 2.45) is 0 Å². The lowest BCUT2D eigenvalue weighted by Gasteiger charge is -2.09. The third-order valence-corrected chi connectivity index (χ3v) is 3.58. The van der Waals surface area contributed by atoms with Crippen molar-refractivity contribution in [3.8, 4) is 11.5 Å². The lowest BCUT2D eigenvalue weighted by Crippen LogP contribution is -2.41. The quantitative estimate of drug-likeness (QED) is 0.563. The molecule has 0 saturated heterocycles. The van der Waals surface area contributed by atoms with Gasteiger partial charge >= 0.3 is 0 Å². The van der Waals surface area contributed by atoms with E-state index in [9.17, 15) is 9.59 Å². The van der Waals surface area contributed by atoms with Gasteiger partial charge in [-0.15, -0.1) is 0 Å². The Labute approximate surface area is 153 Å². The maximum absolute atomic E-state index is 12.0. The van der Waals surface area contributed by atoms with Gasteiger partial charge in [0.2, 0.25) is 5.91 Å². The number of rotatable bonds is 8. The van der Waals surface area contributed by atoms with E-state index in [0.717, 1.165) is 5.75 Å². The van der Waals surface area contributed by atoms with Crippen LogP contribution in [0.15, 0.2) is 48.5 Å². The van der Waals surface area contributed by atoms with E-state index in [1.807, 2.05) is 38.1 Å².